The first-order chi connectivity index (χ1) is 11.0. The van der Waals surface area contributed by atoms with Gasteiger partial charge in [0.05, 0.1) is 6.61 Å². The molecule has 1 aromatic rings. The highest BCUT2D eigenvalue weighted by molar-refractivity contribution is 5.87. The summed E-state index contributed by atoms with van der Waals surface area (Å²) < 4.78 is 5.22. The molecule has 0 saturated heterocycles. The molecule has 0 bridgehead atoms. The van der Waals surface area contributed by atoms with E-state index < -0.39 is 5.97 Å². The van der Waals surface area contributed by atoms with Gasteiger partial charge < -0.3 is 14.9 Å². The summed E-state index contributed by atoms with van der Waals surface area (Å²) in [6.07, 6.45) is 10.2. The first-order valence-corrected chi connectivity index (χ1v) is 8.39. The lowest BCUT2D eigenvalue weighted by Gasteiger charge is -2.10. The fourth-order valence-electron chi connectivity index (χ4n) is 2.26. The molecule has 0 aliphatic heterocycles. The Morgan fingerprint density at radius 2 is 1.91 bits per heavy atom. The Hall–Kier alpha value is -1.97. The van der Waals surface area contributed by atoms with Crippen LogP contribution in [-0.2, 0) is 9.53 Å². The molecule has 0 heterocycles. The number of phenolic OH excluding ortho intramolecular Hbond substituents is 2. The van der Waals surface area contributed by atoms with Gasteiger partial charge in [-0.3, -0.25) is 0 Å². The molecule has 0 fully saturated rings. The molecule has 0 aliphatic rings. The Morgan fingerprint density at radius 3 is 2.61 bits per heavy atom. The molecule has 1 aromatic carbocycles. The van der Waals surface area contributed by atoms with Gasteiger partial charge in [-0.05, 0) is 36.1 Å². The molecule has 1 atom stereocenters. The lowest BCUT2D eigenvalue weighted by atomic mass is 10.0. The lowest BCUT2D eigenvalue weighted by Crippen LogP contribution is -2.10. The van der Waals surface area contributed by atoms with E-state index in [1.165, 1.54) is 50.3 Å². The normalized spacial score (nSPS) is 12.4. The van der Waals surface area contributed by atoms with Crippen molar-refractivity contribution in [1.29, 1.82) is 0 Å². The van der Waals surface area contributed by atoms with Crippen LogP contribution in [0.5, 0.6) is 11.5 Å². The number of hydrogen-bond donors (Lipinski definition) is 2. The van der Waals surface area contributed by atoms with Crippen LogP contribution < -0.4 is 0 Å². The van der Waals surface area contributed by atoms with E-state index in [4.69, 9.17) is 4.74 Å². The standard InChI is InChI=1S/C19H28O4/c1-3-4-5-6-7-8-15(2)14-23-19(22)12-10-16-9-11-17(20)18(21)13-16/h9-13,15,20-21H,3-8,14H2,1-2H3/b12-10+. The number of carbonyl (C=O) groups is 1. The number of hydrogen-bond acceptors (Lipinski definition) is 4. The predicted octanol–water partition coefficient (Wildman–Crippen LogP) is 4.65. The largest absolute Gasteiger partial charge is 0.504 e. The number of unbranched alkanes of at least 4 members (excludes halogenated alkanes) is 4. The number of ether oxygens (including phenoxy) is 1. The Balaban J connectivity index is 2.25. The Labute approximate surface area is 138 Å². The van der Waals surface area contributed by atoms with E-state index >= 15 is 0 Å². The smallest absolute Gasteiger partial charge is 0.330 e. The van der Waals surface area contributed by atoms with Gasteiger partial charge in [-0.15, -0.1) is 0 Å². The Bertz CT molecular complexity index is 508. The molecular formula is C19H28O4. The average molecular weight is 320 g/mol. The Morgan fingerprint density at radius 1 is 1.17 bits per heavy atom. The molecule has 4 nitrogen and oxygen atoms in total. The minimum atomic E-state index is -0.393. The number of phenols is 2. The molecule has 0 aromatic heterocycles. The van der Waals surface area contributed by atoms with Gasteiger partial charge in [0.2, 0.25) is 0 Å². The van der Waals surface area contributed by atoms with E-state index in [-0.39, 0.29) is 11.5 Å². The SMILES string of the molecule is CCCCCCCC(C)COC(=O)/C=C/c1ccc(O)c(O)c1. The second-order valence-corrected chi connectivity index (χ2v) is 6.02. The van der Waals surface area contributed by atoms with Gasteiger partial charge in [0.15, 0.2) is 11.5 Å². The molecule has 128 valence electrons. The Kier molecular flexibility index (Phi) is 8.88. The summed E-state index contributed by atoms with van der Waals surface area (Å²) in [5.41, 5.74) is 0.626. The molecular weight excluding hydrogens is 292 g/mol. The van der Waals surface area contributed by atoms with Crippen molar-refractivity contribution in [2.75, 3.05) is 6.61 Å². The molecule has 0 spiro atoms. The zero-order chi connectivity index (χ0) is 17.1. The van der Waals surface area contributed by atoms with Crippen molar-refractivity contribution in [1.82, 2.24) is 0 Å². The third kappa shape index (κ3) is 8.29. The van der Waals surface area contributed by atoms with Crippen LogP contribution in [0.25, 0.3) is 6.08 Å². The number of benzene rings is 1. The molecule has 1 unspecified atom stereocenters. The third-order valence-corrected chi connectivity index (χ3v) is 3.72. The summed E-state index contributed by atoms with van der Waals surface area (Å²) in [5.74, 6) is -0.420. The first-order valence-electron chi connectivity index (χ1n) is 8.39. The van der Waals surface area contributed by atoms with Crippen LogP contribution in [0.15, 0.2) is 24.3 Å². The number of carbonyl (C=O) groups excluding carboxylic acids is 1. The maximum atomic E-state index is 11.7. The van der Waals surface area contributed by atoms with Crippen molar-refractivity contribution in [3.05, 3.63) is 29.8 Å². The summed E-state index contributed by atoms with van der Waals surface area (Å²) in [5, 5.41) is 18.6. The number of rotatable bonds is 10. The van der Waals surface area contributed by atoms with Gasteiger partial charge in [0.1, 0.15) is 0 Å². The van der Waals surface area contributed by atoms with Crippen LogP contribution in [0, 0.1) is 5.92 Å². The van der Waals surface area contributed by atoms with Crippen LogP contribution in [0.3, 0.4) is 0 Å². The summed E-state index contributed by atoms with van der Waals surface area (Å²) >= 11 is 0. The highest BCUT2D eigenvalue weighted by atomic mass is 16.5. The highest BCUT2D eigenvalue weighted by Gasteiger charge is 2.05. The van der Waals surface area contributed by atoms with Crippen LogP contribution in [-0.4, -0.2) is 22.8 Å². The molecule has 0 saturated carbocycles. The van der Waals surface area contributed by atoms with Crippen molar-refractivity contribution < 1.29 is 19.7 Å². The monoisotopic (exact) mass is 320 g/mol. The fraction of sp³-hybridized carbons (Fsp3) is 0.526. The van der Waals surface area contributed by atoms with Gasteiger partial charge in [-0.1, -0.05) is 52.0 Å². The van der Waals surface area contributed by atoms with Crippen molar-refractivity contribution in [2.24, 2.45) is 5.92 Å². The molecule has 0 amide bonds. The molecule has 0 radical (unpaired) electrons. The van der Waals surface area contributed by atoms with Crippen LogP contribution in [0.1, 0.15) is 57.9 Å². The molecule has 1 rings (SSSR count). The zero-order valence-electron chi connectivity index (χ0n) is 14.1. The summed E-state index contributed by atoms with van der Waals surface area (Å²) in [6.45, 7) is 4.72. The van der Waals surface area contributed by atoms with Crippen LogP contribution in [0.4, 0.5) is 0 Å². The van der Waals surface area contributed by atoms with E-state index in [0.717, 1.165) is 6.42 Å². The third-order valence-electron chi connectivity index (χ3n) is 3.72. The summed E-state index contributed by atoms with van der Waals surface area (Å²) in [7, 11) is 0. The molecule has 2 N–H and O–H groups in total. The maximum absolute atomic E-state index is 11.7. The molecule has 4 heteroatoms. The van der Waals surface area contributed by atoms with E-state index in [1.807, 2.05) is 0 Å². The van der Waals surface area contributed by atoms with Gasteiger partial charge in [0.25, 0.3) is 0 Å². The van der Waals surface area contributed by atoms with E-state index in [9.17, 15) is 15.0 Å². The minimum Gasteiger partial charge on any atom is -0.504 e. The average Bonchev–Trinajstić information content (AvgIpc) is 2.54. The van der Waals surface area contributed by atoms with E-state index in [2.05, 4.69) is 13.8 Å². The highest BCUT2D eigenvalue weighted by Crippen LogP contribution is 2.25. The fourth-order valence-corrected chi connectivity index (χ4v) is 2.26. The zero-order valence-corrected chi connectivity index (χ0v) is 14.1. The predicted molar refractivity (Wildman–Crippen MR) is 92.3 cm³/mol. The first kappa shape index (κ1) is 19.1. The van der Waals surface area contributed by atoms with Crippen molar-refractivity contribution in [3.8, 4) is 11.5 Å². The lowest BCUT2D eigenvalue weighted by molar-refractivity contribution is -0.138. The van der Waals surface area contributed by atoms with Gasteiger partial charge >= 0.3 is 5.97 Å². The maximum Gasteiger partial charge on any atom is 0.330 e. The molecule has 23 heavy (non-hydrogen) atoms. The number of aromatic hydroxyl groups is 2. The topological polar surface area (TPSA) is 66.8 Å². The second-order valence-electron chi connectivity index (χ2n) is 6.02. The van der Waals surface area contributed by atoms with Gasteiger partial charge in [-0.2, -0.15) is 0 Å². The van der Waals surface area contributed by atoms with Crippen molar-refractivity contribution in [3.63, 3.8) is 0 Å². The van der Waals surface area contributed by atoms with Gasteiger partial charge in [-0.25, -0.2) is 4.79 Å². The number of esters is 1. The molecule has 0 aliphatic carbocycles. The minimum absolute atomic E-state index is 0.183. The van der Waals surface area contributed by atoms with Crippen LogP contribution in [0.2, 0.25) is 0 Å². The van der Waals surface area contributed by atoms with E-state index in [1.54, 1.807) is 12.1 Å². The quantitative estimate of drug-likeness (QED) is 0.285. The van der Waals surface area contributed by atoms with Crippen molar-refractivity contribution >= 4 is 12.0 Å². The summed E-state index contributed by atoms with van der Waals surface area (Å²) in [6, 6.07) is 4.37. The van der Waals surface area contributed by atoms with Gasteiger partial charge in [0, 0.05) is 6.08 Å². The summed E-state index contributed by atoms with van der Waals surface area (Å²) in [4.78, 5) is 11.7. The van der Waals surface area contributed by atoms with Crippen LogP contribution >= 0.6 is 0 Å². The van der Waals surface area contributed by atoms with Crippen molar-refractivity contribution in [2.45, 2.75) is 52.4 Å². The van der Waals surface area contributed by atoms with E-state index in [0.29, 0.717) is 18.1 Å². The second kappa shape index (κ2) is 10.7.